The van der Waals surface area contributed by atoms with Crippen molar-refractivity contribution in [2.45, 2.75) is 18.6 Å². The zero-order chi connectivity index (χ0) is 13.1. The maximum absolute atomic E-state index is 11.9. The molecule has 2 unspecified atom stereocenters. The summed E-state index contributed by atoms with van der Waals surface area (Å²) in [5, 5.41) is 21.0. The Bertz CT molecular complexity index is 449. The van der Waals surface area contributed by atoms with Gasteiger partial charge in [-0.05, 0) is 12.1 Å². The van der Waals surface area contributed by atoms with E-state index >= 15 is 0 Å². The van der Waals surface area contributed by atoms with Crippen molar-refractivity contribution in [3.8, 4) is 0 Å². The second-order valence-corrected chi connectivity index (χ2v) is 4.19. The molecular weight excluding hydrogens is 236 g/mol. The summed E-state index contributed by atoms with van der Waals surface area (Å²) >= 11 is 0. The number of rotatable bonds is 2. The predicted molar refractivity (Wildman–Crippen MR) is 64.2 cm³/mol. The van der Waals surface area contributed by atoms with E-state index in [0.29, 0.717) is 5.69 Å². The fourth-order valence-electron chi connectivity index (χ4n) is 1.99. The molecular formula is C12H14N2O4. The number of carbonyl (C=O) groups is 2. The molecule has 1 aliphatic rings. The first kappa shape index (κ1) is 12.4. The van der Waals surface area contributed by atoms with Gasteiger partial charge in [0, 0.05) is 18.7 Å². The Labute approximate surface area is 104 Å². The monoisotopic (exact) mass is 250 g/mol. The van der Waals surface area contributed by atoms with Crippen LogP contribution >= 0.6 is 0 Å². The van der Waals surface area contributed by atoms with Gasteiger partial charge in [-0.25, -0.2) is 9.59 Å². The molecule has 6 nitrogen and oxygen atoms in total. The van der Waals surface area contributed by atoms with Gasteiger partial charge in [0.05, 0.1) is 6.10 Å². The van der Waals surface area contributed by atoms with E-state index in [4.69, 9.17) is 5.11 Å². The Morgan fingerprint density at radius 3 is 2.56 bits per heavy atom. The number of β-amino-alcohol motifs (C(OH)–C–C–N with tert-alkyl or cyclic N) is 1. The van der Waals surface area contributed by atoms with Gasteiger partial charge >= 0.3 is 12.0 Å². The molecule has 2 amide bonds. The molecule has 0 saturated carbocycles. The minimum atomic E-state index is -1.10. The number of urea groups is 1. The number of hydrogen-bond donors (Lipinski definition) is 3. The molecule has 2 rings (SSSR count). The van der Waals surface area contributed by atoms with Crippen LogP contribution in [0.3, 0.4) is 0 Å². The molecule has 1 heterocycles. The maximum atomic E-state index is 11.9. The van der Waals surface area contributed by atoms with Gasteiger partial charge in [0.1, 0.15) is 6.04 Å². The molecule has 0 spiro atoms. The Morgan fingerprint density at radius 2 is 1.94 bits per heavy atom. The van der Waals surface area contributed by atoms with Crippen molar-refractivity contribution in [2.75, 3.05) is 11.9 Å². The molecule has 1 aromatic carbocycles. The van der Waals surface area contributed by atoms with E-state index in [1.807, 2.05) is 6.07 Å². The second-order valence-electron chi connectivity index (χ2n) is 4.19. The van der Waals surface area contributed by atoms with Crippen molar-refractivity contribution in [2.24, 2.45) is 0 Å². The number of benzene rings is 1. The summed E-state index contributed by atoms with van der Waals surface area (Å²) in [7, 11) is 0. The highest BCUT2D eigenvalue weighted by Crippen LogP contribution is 2.19. The first-order valence-electron chi connectivity index (χ1n) is 5.61. The van der Waals surface area contributed by atoms with E-state index in [0.717, 1.165) is 4.90 Å². The number of carboxylic acid groups (broad SMARTS) is 1. The number of aliphatic carboxylic acids is 1. The molecule has 18 heavy (non-hydrogen) atoms. The summed E-state index contributed by atoms with van der Waals surface area (Å²) in [6, 6.07) is 7.29. The highest BCUT2D eigenvalue weighted by molar-refractivity contribution is 5.92. The highest BCUT2D eigenvalue weighted by Gasteiger charge is 2.38. The SMILES string of the molecule is O=C(O)C1CC(O)CN1C(=O)Nc1ccccc1. The van der Waals surface area contributed by atoms with E-state index in [-0.39, 0.29) is 13.0 Å². The van der Waals surface area contributed by atoms with E-state index in [1.165, 1.54) is 0 Å². The molecule has 0 radical (unpaired) electrons. The van der Waals surface area contributed by atoms with Crippen LogP contribution in [0.15, 0.2) is 30.3 Å². The van der Waals surface area contributed by atoms with Crippen molar-refractivity contribution >= 4 is 17.7 Å². The number of carbonyl (C=O) groups excluding carboxylic acids is 1. The maximum Gasteiger partial charge on any atom is 0.326 e. The van der Waals surface area contributed by atoms with Crippen LogP contribution in [0, 0.1) is 0 Å². The van der Waals surface area contributed by atoms with E-state index in [9.17, 15) is 14.7 Å². The summed E-state index contributed by atoms with van der Waals surface area (Å²) in [4.78, 5) is 24.0. The molecule has 96 valence electrons. The third kappa shape index (κ3) is 2.60. The molecule has 2 atom stereocenters. The van der Waals surface area contributed by atoms with Gasteiger partial charge in [0.2, 0.25) is 0 Å². The first-order valence-corrected chi connectivity index (χ1v) is 5.61. The van der Waals surface area contributed by atoms with Crippen LogP contribution in [0.25, 0.3) is 0 Å². The summed E-state index contributed by atoms with van der Waals surface area (Å²) in [5.41, 5.74) is 0.591. The van der Waals surface area contributed by atoms with Gasteiger partial charge in [-0.3, -0.25) is 0 Å². The predicted octanol–water partition coefficient (Wildman–Crippen LogP) is 0.738. The van der Waals surface area contributed by atoms with Gasteiger partial charge < -0.3 is 20.4 Å². The fraction of sp³-hybridized carbons (Fsp3) is 0.333. The average molecular weight is 250 g/mol. The normalized spacial score (nSPS) is 22.8. The van der Waals surface area contributed by atoms with Crippen LogP contribution in [-0.4, -0.2) is 45.8 Å². The zero-order valence-corrected chi connectivity index (χ0v) is 9.61. The number of anilines is 1. The lowest BCUT2D eigenvalue weighted by atomic mass is 10.2. The zero-order valence-electron chi connectivity index (χ0n) is 9.61. The minimum Gasteiger partial charge on any atom is -0.480 e. The number of nitrogens with one attached hydrogen (secondary N) is 1. The van der Waals surface area contributed by atoms with Crippen molar-refractivity contribution in [3.05, 3.63) is 30.3 Å². The summed E-state index contributed by atoms with van der Waals surface area (Å²) in [6.07, 6.45) is -0.718. The number of likely N-dealkylation sites (tertiary alicyclic amines) is 1. The standard InChI is InChI=1S/C12H14N2O4/c15-9-6-10(11(16)17)14(7-9)12(18)13-8-4-2-1-3-5-8/h1-5,9-10,15H,6-7H2,(H,13,18)(H,16,17). The lowest BCUT2D eigenvalue weighted by Gasteiger charge is -2.21. The number of carboxylic acids is 1. The molecule has 0 bridgehead atoms. The third-order valence-electron chi connectivity index (χ3n) is 2.85. The van der Waals surface area contributed by atoms with Crippen molar-refractivity contribution in [1.29, 1.82) is 0 Å². The topological polar surface area (TPSA) is 89.9 Å². The molecule has 1 saturated heterocycles. The van der Waals surface area contributed by atoms with Crippen molar-refractivity contribution < 1.29 is 19.8 Å². The molecule has 3 N–H and O–H groups in total. The Kier molecular flexibility index (Phi) is 3.47. The summed E-state index contributed by atoms with van der Waals surface area (Å²) in [5.74, 6) is -1.10. The first-order chi connectivity index (χ1) is 8.58. The van der Waals surface area contributed by atoms with Crippen LogP contribution in [0.4, 0.5) is 10.5 Å². The van der Waals surface area contributed by atoms with Gasteiger partial charge in [-0.2, -0.15) is 0 Å². The lowest BCUT2D eigenvalue weighted by Crippen LogP contribution is -2.43. The van der Waals surface area contributed by atoms with Crippen molar-refractivity contribution in [3.63, 3.8) is 0 Å². The number of amides is 2. The number of para-hydroxylation sites is 1. The number of aliphatic hydroxyl groups is 1. The number of aliphatic hydroxyl groups excluding tert-OH is 1. The van der Waals surface area contributed by atoms with E-state index in [1.54, 1.807) is 24.3 Å². The molecule has 1 aliphatic heterocycles. The summed E-state index contributed by atoms with van der Waals surface area (Å²) in [6.45, 7) is 0.0373. The van der Waals surface area contributed by atoms with Crippen LogP contribution in [0.1, 0.15) is 6.42 Å². The second kappa shape index (κ2) is 5.05. The highest BCUT2D eigenvalue weighted by atomic mass is 16.4. The average Bonchev–Trinajstić information content (AvgIpc) is 2.73. The third-order valence-corrected chi connectivity index (χ3v) is 2.85. The van der Waals surface area contributed by atoms with E-state index in [2.05, 4.69) is 5.32 Å². The Hall–Kier alpha value is -2.08. The number of hydrogen-bond acceptors (Lipinski definition) is 3. The van der Waals surface area contributed by atoms with Gasteiger partial charge in [-0.1, -0.05) is 18.2 Å². The summed E-state index contributed by atoms with van der Waals surface area (Å²) < 4.78 is 0. The van der Waals surface area contributed by atoms with Gasteiger partial charge in [0.15, 0.2) is 0 Å². The van der Waals surface area contributed by atoms with Crippen LogP contribution in [-0.2, 0) is 4.79 Å². The van der Waals surface area contributed by atoms with Crippen LogP contribution in [0.2, 0.25) is 0 Å². The molecule has 6 heteroatoms. The largest absolute Gasteiger partial charge is 0.480 e. The van der Waals surface area contributed by atoms with Gasteiger partial charge in [0.25, 0.3) is 0 Å². The van der Waals surface area contributed by atoms with Gasteiger partial charge in [-0.15, -0.1) is 0 Å². The Balaban J connectivity index is 2.06. The minimum absolute atomic E-state index is 0.0373. The van der Waals surface area contributed by atoms with Crippen LogP contribution in [0.5, 0.6) is 0 Å². The molecule has 1 fully saturated rings. The van der Waals surface area contributed by atoms with Crippen molar-refractivity contribution in [1.82, 2.24) is 4.90 Å². The van der Waals surface area contributed by atoms with Crippen LogP contribution < -0.4 is 5.32 Å². The fourth-order valence-corrected chi connectivity index (χ4v) is 1.99. The number of nitrogens with zero attached hydrogens (tertiary/aromatic N) is 1. The molecule has 0 aromatic heterocycles. The van der Waals surface area contributed by atoms with E-state index < -0.39 is 24.1 Å². The quantitative estimate of drug-likeness (QED) is 0.722. The molecule has 1 aromatic rings. The Morgan fingerprint density at radius 1 is 1.28 bits per heavy atom. The molecule has 0 aliphatic carbocycles. The lowest BCUT2D eigenvalue weighted by molar-refractivity contribution is -0.141. The smallest absolute Gasteiger partial charge is 0.326 e.